The second kappa shape index (κ2) is 7.74. The van der Waals surface area contributed by atoms with Crippen LogP contribution in [0, 0.1) is 0 Å². The number of rotatable bonds is 6. The summed E-state index contributed by atoms with van der Waals surface area (Å²) in [4.78, 5) is 16.9. The zero-order valence-corrected chi connectivity index (χ0v) is 14.9. The minimum Gasteiger partial charge on any atom is -0.494 e. The van der Waals surface area contributed by atoms with E-state index in [0.29, 0.717) is 28.5 Å². The zero-order valence-electron chi connectivity index (χ0n) is 14.9. The standard InChI is InChI=1S/C20H20N2O4/c1-13(26-17-9-5-4-8-16(17)24-2)20(23)22-15-10-11-18(25-3)19-14(15)7-6-12-21-19/h4-13H,1-3H3,(H,22,23)/t13-/m1/s1. The fraction of sp³-hybridized carbons (Fsp3) is 0.200. The number of hydrogen-bond acceptors (Lipinski definition) is 5. The van der Waals surface area contributed by atoms with Crippen LogP contribution in [0.2, 0.25) is 0 Å². The van der Waals surface area contributed by atoms with Crippen LogP contribution in [0.3, 0.4) is 0 Å². The van der Waals surface area contributed by atoms with E-state index in [4.69, 9.17) is 14.2 Å². The highest BCUT2D eigenvalue weighted by Crippen LogP contribution is 2.30. The van der Waals surface area contributed by atoms with E-state index in [1.54, 1.807) is 51.6 Å². The van der Waals surface area contributed by atoms with E-state index < -0.39 is 6.10 Å². The minimum atomic E-state index is -0.708. The Balaban J connectivity index is 1.81. The first-order valence-corrected chi connectivity index (χ1v) is 8.16. The molecular weight excluding hydrogens is 332 g/mol. The van der Waals surface area contributed by atoms with Crippen molar-refractivity contribution in [3.63, 3.8) is 0 Å². The van der Waals surface area contributed by atoms with Crippen LogP contribution in [0.25, 0.3) is 10.9 Å². The number of methoxy groups -OCH3 is 2. The molecule has 0 unspecified atom stereocenters. The Morgan fingerprint density at radius 2 is 1.69 bits per heavy atom. The summed E-state index contributed by atoms with van der Waals surface area (Å²) in [6.45, 7) is 1.69. The molecule has 1 heterocycles. The Morgan fingerprint density at radius 1 is 0.962 bits per heavy atom. The first-order valence-electron chi connectivity index (χ1n) is 8.16. The van der Waals surface area contributed by atoms with Gasteiger partial charge < -0.3 is 19.5 Å². The van der Waals surface area contributed by atoms with E-state index >= 15 is 0 Å². The molecule has 1 amide bonds. The Labute approximate surface area is 151 Å². The number of fused-ring (bicyclic) bond motifs is 1. The van der Waals surface area contributed by atoms with Crippen molar-refractivity contribution in [2.75, 3.05) is 19.5 Å². The van der Waals surface area contributed by atoms with Crippen LogP contribution in [-0.4, -0.2) is 31.2 Å². The minimum absolute atomic E-state index is 0.272. The van der Waals surface area contributed by atoms with E-state index in [2.05, 4.69) is 10.3 Å². The van der Waals surface area contributed by atoms with Crippen molar-refractivity contribution in [2.24, 2.45) is 0 Å². The highest BCUT2D eigenvalue weighted by molar-refractivity contribution is 6.04. The third-order valence-electron chi connectivity index (χ3n) is 3.95. The van der Waals surface area contributed by atoms with Crippen molar-refractivity contribution in [3.8, 4) is 17.2 Å². The van der Waals surface area contributed by atoms with Crippen molar-refractivity contribution >= 4 is 22.5 Å². The normalized spacial score (nSPS) is 11.7. The molecule has 0 fully saturated rings. The van der Waals surface area contributed by atoms with E-state index in [9.17, 15) is 4.79 Å². The summed E-state index contributed by atoms with van der Waals surface area (Å²) < 4.78 is 16.3. The molecule has 0 aliphatic rings. The van der Waals surface area contributed by atoms with Gasteiger partial charge in [0.2, 0.25) is 0 Å². The van der Waals surface area contributed by atoms with Gasteiger partial charge in [0.25, 0.3) is 5.91 Å². The van der Waals surface area contributed by atoms with Gasteiger partial charge in [-0.05, 0) is 43.3 Å². The molecule has 6 nitrogen and oxygen atoms in total. The molecule has 3 rings (SSSR count). The Morgan fingerprint density at radius 3 is 2.42 bits per heavy atom. The highest BCUT2D eigenvalue weighted by atomic mass is 16.5. The van der Waals surface area contributed by atoms with Crippen LogP contribution in [0.5, 0.6) is 17.2 Å². The number of hydrogen-bond donors (Lipinski definition) is 1. The fourth-order valence-corrected chi connectivity index (χ4v) is 2.61. The molecule has 0 saturated carbocycles. The van der Waals surface area contributed by atoms with E-state index in [-0.39, 0.29) is 5.91 Å². The average molecular weight is 352 g/mol. The second-order valence-electron chi connectivity index (χ2n) is 5.62. The summed E-state index contributed by atoms with van der Waals surface area (Å²) >= 11 is 0. The number of aromatic nitrogens is 1. The number of para-hydroxylation sites is 2. The lowest BCUT2D eigenvalue weighted by Gasteiger charge is -2.17. The van der Waals surface area contributed by atoms with Gasteiger partial charge in [-0.1, -0.05) is 12.1 Å². The number of pyridine rings is 1. The van der Waals surface area contributed by atoms with Gasteiger partial charge in [-0.15, -0.1) is 0 Å². The number of ether oxygens (including phenoxy) is 3. The van der Waals surface area contributed by atoms with Crippen LogP contribution >= 0.6 is 0 Å². The molecule has 134 valence electrons. The molecule has 1 atom stereocenters. The van der Waals surface area contributed by atoms with Crippen LogP contribution < -0.4 is 19.5 Å². The van der Waals surface area contributed by atoms with Crippen LogP contribution in [0.15, 0.2) is 54.7 Å². The number of anilines is 1. The third-order valence-corrected chi connectivity index (χ3v) is 3.95. The molecule has 0 saturated heterocycles. The number of carbonyl (C=O) groups is 1. The smallest absolute Gasteiger partial charge is 0.265 e. The lowest BCUT2D eigenvalue weighted by Crippen LogP contribution is -2.30. The van der Waals surface area contributed by atoms with E-state index in [1.807, 2.05) is 24.3 Å². The van der Waals surface area contributed by atoms with Crippen molar-refractivity contribution in [3.05, 3.63) is 54.7 Å². The van der Waals surface area contributed by atoms with Gasteiger partial charge in [-0.2, -0.15) is 0 Å². The zero-order chi connectivity index (χ0) is 18.5. The number of carbonyl (C=O) groups excluding carboxylic acids is 1. The maximum Gasteiger partial charge on any atom is 0.265 e. The predicted octanol–water partition coefficient (Wildman–Crippen LogP) is 3.66. The molecule has 0 spiro atoms. The van der Waals surface area contributed by atoms with Crippen LogP contribution in [0.1, 0.15) is 6.92 Å². The predicted molar refractivity (Wildman–Crippen MR) is 100 cm³/mol. The fourth-order valence-electron chi connectivity index (χ4n) is 2.61. The van der Waals surface area contributed by atoms with Gasteiger partial charge in [-0.25, -0.2) is 0 Å². The molecular formula is C20H20N2O4. The SMILES string of the molecule is COc1ccccc1O[C@H](C)C(=O)Nc1ccc(OC)c2ncccc12. The van der Waals surface area contributed by atoms with Crippen molar-refractivity contribution < 1.29 is 19.0 Å². The molecule has 1 aromatic heterocycles. The number of nitrogens with one attached hydrogen (secondary N) is 1. The molecule has 0 aliphatic carbocycles. The second-order valence-corrected chi connectivity index (χ2v) is 5.62. The average Bonchev–Trinajstić information content (AvgIpc) is 2.68. The summed E-state index contributed by atoms with van der Waals surface area (Å²) in [7, 11) is 3.15. The maximum absolute atomic E-state index is 12.6. The van der Waals surface area contributed by atoms with Gasteiger partial charge in [-0.3, -0.25) is 9.78 Å². The Bertz CT molecular complexity index is 927. The number of benzene rings is 2. The van der Waals surface area contributed by atoms with Crippen molar-refractivity contribution in [1.29, 1.82) is 0 Å². The van der Waals surface area contributed by atoms with Crippen LogP contribution in [0.4, 0.5) is 5.69 Å². The highest BCUT2D eigenvalue weighted by Gasteiger charge is 2.18. The first kappa shape index (κ1) is 17.5. The van der Waals surface area contributed by atoms with Crippen LogP contribution in [-0.2, 0) is 4.79 Å². The van der Waals surface area contributed by atoms with Gasteiger partial charge >= 0.3 is 0 Å². The molecule has 0 bridgehead atoms. The summed E-state index contributed by atoms with van der Waals surface area (Å²) in [6, 6.07) is 14.5. The number of nitrogens with zero attached hydrogens (tertiary/aromatic N) is 1. The topological polar surface area (TPSA) is 69.7 Å². The Hall–Kier alpha value is -3.28. The largest absolute Gasteiger partial charge is 0.494 e. The summed E-state index contributed by atoms with van der Waals surface area (Å²) in [6.07, 6.45) is 0.976. The molecule has 3 aromatic rings. The van der Waals surface area contributed by atoms with Gasteiger partial charge in [0.15, 0.2) is 17.6 Å². The van der Waals surface area contributed by atoms with Crippen molar-refractivity contribution in [2.45, 2.75) is 13.0 Å². The lowest BCUT2D eigenvalue weighted by atomic mass is 10.1. The molecule has 0 radical (unpaired) electrons. The molecule has 0 aliphatic heterocycles. The third kappa shape index (κ3) is 3.54. The summed E-state index contributed by atoms with van der Waals surface area (Å²) in [5, 5.41) is 3.69. The lowest BCUT2D eigenvalue weighted by molar-refractivity contribution is -0.122. The first-order chi connectivity index (χ1) is 12.6. The quantitative estimate of drug-likeness (QED) is 0.733. The molecule has 26 heavy (non-hydrogen) atoms. The van der Waals surface area contributed by atoms with E-state index in [0.717, 1.165) is 5.39 Å². The number of amides is 1. The summed E-state index contributed by atoms with van der Waals surface area (Å²) in [5.74, 6) is 1.47. The van der Waals surface area contributed by atoms with Crippen molar-refractivity contribution in [1.82, 2.24) is 4.98 Å². The summed E-state index contributed by atoms with van der Waals surface area (Å²) in [5.41, 5.74) is 1.33. The molecule has 2 aromatic carbocycles. The van der Waals surface area contributed by atoms with Gasteiger partial charge in [0.1, 0.15) is 11.3 Å². The Kier molecular flexibility index (Phi) is 5.22. The van der Waals surface area contributed by atoms with E-state index in [1.165, 1.54) is 0 Å². The maximum atomic E-state index is 12.6. The monoisotopic (exact) mass is 352 g/mol. The molecule has 6 heteroatoms. The molecule has 1 N–H and O–H groups in total. The van der Waals surface area contributed by atoms with Gasteiger partial charge in [0.05, 0.1) is 19.9 Å². The van der Waals surface area contributed by atoms with Gasteiger partial charge in [0, 0.05) is 11.6 Å².